The highest BCUT2D eigenvalue weighted by Gasteiger charge is 2.63. The number of nitrogens with zero attached hydrogens (tertiary/aromatic N) is 2. The number of allylic oxidation sites excluding steroid dienone is 2. The molecule has 0 aromatic rings. The van der Waals surface area contributed by atoms with Gasteiger partial charge in [-0.3, -0.25) is 4.90 Å². The molecule has 4 heteroatoms. The van der Waals surface area contributed by atoms with Gasteiger partial charge in [0.1, 0.15) is 12.2 Å². The second kappa shape index (κ2) is 7.92. The molecule has 1 heterocycles. The molecule has 4 nitrogen and oxygen atoms in total. The predicted molar refractivity (Wildman–Crippen MR) is 125 cm³/mol. The number of fused-ring (bicyclic) bond motifs is 5. The number of likely N-dealkylation sites (tertiary alicyclic amines) is 1. The summed E-state index contributed by atoms with van der Waals surface area (Å²) >= 11 is 0. The van der Waals surface area contributed by atoms with Gasteiger partial charge in [-0.05, 0) is 107 Å². The van der Waals surface area contributed by atoms with Crippen molar-refractivity contribution in [3.8, 4) is 12.3 Å². The van der Waals surface area contributed by atoms with Crippen LogP contribution in [0.4, 0.5) is 0 Å². The Hall–Kier alpha value is -1.31. The molecule has 0 radical (unpaired) electrons. The maximum atomic E-state index is 11.2. The molecule has 5 aliphatic rings. The van der Waals surface area contributed by atoms with Crippen LogP contribution in [0.1, 0.15) is 78.1 Å². The van der Waals surface area contributed by atoms with Crippen LogP contribution in [-0.4, -0.2) is 47.6 Å². The van der Waals surface area contributed by atoms with Gasteiger partial charge in [-0.2, -0.15) is 0 Å². The van der Waals surface area contributed by atoms with Crippen molar-refractivity contribution < 1.29 is 9.94 Å². The van der Waals surface area contributed by atoms with E-state index in [1.807, 2.05) is 0 Å². The van der Waals surface area contributed by atoms with E-state index in [2.05, 4.69) is 35.9 Å². The Bertz CT molecular complexity index is 807. The lowest BCUT2D eigenvalue weighted by Crippen LogP contribution is -2.54. The maximum Gasteiger partial charge on any atom is 0.130 e. The van der Waals surface area contributed by atoms with Crippen molar-refractivity contribution in [2.75, 3.05) is 26.2 Å². The molecule has 4 aliphatic carbocycles. The summed E-state index contributed by atoms with van der Waals surface area (Å²) in [5.41, 5.74) is 1.99. The minimum atomic E-state index is -0.904. The highest BCUT2D eigenvalue weighted by molar-refractivity contribution is 5.96. The minimum absolute atomic E-state index is 0.106. The lowest BCUT2D eigenvalue weighted by atomic mass is 9.46. The van der Waals surface area contributed by atoms with E-state index in [-0.39, 0.29) is 10.8 Å². The average Bonchev–Trinajstić information content (AvgIpc) is 3.38. The first-order valence-corrected chi connectivity index (χ1v) is 12.7. The average molecular weight is 425 g/mol. The van der Waals surface area contributed by atoms with E-state index in [9.17, 15) is 5.11 Å². The van der Waals surface area contributed by atoms with Crippen LogP contribution in [0.3, 0.4) is 0 Å². The molecule has 170 valence electrons. The van der Waals surface area contributed by atoms with E-state index < -0.39 is 5.60 Å². The highest BCUT2D eigenvalue weighted by atomic mass is 16.6. The topological polar surface area (TPSA) is 45.1 Å². The molecule has 0 bridgehead atoms. The molecule has 4 fully saturated rings. The van der Waals surface area contributed by atoms with Crippen LogP contribution in [-0.2, 0) is 4.84 Å². The van der Waals surface area contributed by atoms with Gasteiger partial charge in [0.2, 0.25) is 0 Å². The summed E-state index contributed by atoms with van der Waals surface area (Å²) in [4.78, 5) is 8.19. The first kappa shape index (κ1) is 21.5. The van der Waals surface area contributed by atoms with Gasteiger partial charge < -0.3 is 9.94 Å². The lowest BCUT2D eigenvalue weighted by Gasteiger charge is -2.58. The van der Waals surface area contributed by atoms with Crippen molar-refractivity contribution in [1.82, 2.24) is 4.90 Å². The predicted octanol–water partition coefficient (Wildman–Crippen LogP) is 4.78. The van der Waals surface area contributed by atoms with E-state index in [1.165, 1.54) is 45.2 Å². The van der Waals surface area contributed by atoms with Crippen molar-refractivity contribution in [3.63, 3.8) is 0 Å². The third-order valence-electron chi connectivity index (χ3n) is 10.2. The van der Waals surface area contributed by atoms with Gasteiger partial charge in [0.05, 0.1) is 5.71 Å². The van der Waals surface area contributed by atoms with Gasteiger partial charge >= 0.3 is 0 Å². The van der Waals surface area contributed by atoms with Crippen LogP contribution < -0.4 is 0 Å². The molecular weight excluding hydrogens is 384 g/mol. The van der Waals surface area contributed by atoms with Crippen LogP contribution in [0, 0.1) is 40.9 Å². The summed E-state index contributed by atoms with van der Waals surface area (Å²) in [6, 6.07) is 0. The fraction of sp³-hybridized carbons (Fsp3) is 0.815. The summed E-state index contributed by atoms with van der Waals surface area (Å²) in [5, 5.41) is 15.7. The summed E-state index contributed by atoms with van der Waals surface area (Å²) in [7, 11) is 0. The van der Waals surface area contributed by atoms with Gasteiger partial charge in [-0.1, -0.05) is 30.5 Å². The molecule has 0 spiro atoms. The molecule has 1 aliphatic heterocycles. The summed E-state index contributed by atoms with van der Waals surface area (Å²) in [5.74, 6) is 4.77. The standard InChI is InChI=1S/C27H40N2O2/c1-4-27(30)14-11-24-22-8-7-20-19-21(28-31-18-17-29-15-5-6-16-29)9-12-25(20,2)23(22)10-13-26(24,27)3/h1,19,22-24,30H,5-18H2,2-3H3/b28-21-. The third-order valence-corrected chi connectivity index (χ3v) is 10.2. The number of hydrogen-bond acceptors (Lipinski definition) is 4. The molecule has 5 rings (SSSR count). The van der Waals surface area contributed by atoms with E-state index >= 15 is 0 Å². The zero-order chi connectivity index (χ0) is 21.7. The molecule has 31 heavy (non-hydrogen) atoms. The van der Waals surface area contributed by atoms with Gasteiger partial charge in [0.15, 0.2) is 0 Å². The smallest absolute Gasteiger partial charge is 0.130 e. The number of terminal acetylenes is 1. The molecule has 1 saturated heterocycles. The zero-order valence-corrected chi connectivity index (χ0v) is 19.5. The SMILES string of the molecule is C#CC1(O)CCC2C3CCC4=C/C(=N\OCCN5CCCC5)CCC4(C)C3CCC21C. The minimum Gasteiger partial charge on any atom is -0.394 e. The Morgan fingerprint density at radius 1 is 1.13 bits per heavy atom. The summed E-state index contributed by atoms with van der Waals surface area (Å²) < 4.78 is 0. The van der Waals surface area contributed by atoms with Crippen LogP contribution in [0.2, 0.25) is 0 Å². The van der Waals surface area contributed by atoms with Crippen molar-refractivity contribution in [3.05, 3.63) is 11.6 Å². The molecule has 0 amide bonds. The summed E-state index contributed by atoms with van der Waals surface area (Å²) in [6.07, 6.45) is 19.5. The van der Waals surface area contributed by atoms with Gasteiger partial charge in [-0.15, -0.1) is 6.42 Å². The number of oxime groups is 1. The van der Waals surface area contributed by atoms with Crippen LogP contribution in [0.5, 0.6) is 0 Å². The molecule has 6 unspecified atom stereocenters. The van der Waals surface area contributed by atoms with E-state index in [1.54, 1.807) is 5.57 Å². The maximum absolute atomic E-state index is 11.2. The quantitative estimate of drug-likeness (QED) is 0.401. The molecular formula is C27H40N2O2. The highest BCUT2D eigenvalue weighted by Crippen LogP contribution is 2.67. The molecule has 3 saturated carbocycles. The Morgan fingerprint density at radius 2 is 1.90 bits per heavy atom. The third kappa shape index (κ3) is 3.39. The van der Waals surface area contributed by atoms with Crippen LogP contribution in [0.15, 0.2) is 16.8 Å². The number of hydrogen-bond donors (Lipinski definition) is 1. The van der Waals surface area contributed by atoms with E-state index in [4.69, 9.17) is 11.3 Å². The Morgan fingerprint density at radius 3 is 2.68 bits per heavy atom. The second-order valence-electron chi connectivity index (χ2n) is 11.5. The van der Waals surface area contributed by atoms with Gasteiger partial charge in [0.25, 0.3) is 0 Å². The first-order valence-electron chi connectivity index (χ1n) is 12.7. The van der Waals surface area contributed by atoms with Crippen LogP contribution >= 0.6 is 0 Å². The van der Waals surface area contributed by atoms with Gasteiger partial charge in [-0.25, -0.2) is 0 Å². The largest absolute Gasteiger partial charge is 0.394 e. The van der Waals surface area contributed by atoms with E-state index in [0.717, 1.165) is 44.4 Å². The van der Waals surface area contributed by atoms with Gasteiger partial charge in [0, 0.05) is 12.0 Å². The van der Waals surface area contributed by atoms with E-state index in [0.29, 0.717) is 24.4 Å². The normalized spacial score (nSPS) is 46.1. The monoisotopic (exact) mass is 424 g/mol. The van der Waals surface area contributed by atoms with Crippen molar-refractivity contribution in [2.45, 2.75) is 83.7 Å². The van der Waals surface area contributed by atoms with Crippen LogP contribution in [0.25, 0.3) is 0 Å². The molecule has 1 N–H and O–H groups in total. The van der Waals surface area contributed by atoms with Crippen molar-refractivity contribution >= 4 is 5.71 Å². The molecule has 0 aromatic heterocycles. The Kier molecular flexibility index (Phi) is 5.50. The van der Waals surface area contributed by atoms with Crippen molar-refractivity contribution in [1.29, 1.82) is 0 Å². The van der Waals surface area contributed by atoms with Crippen molar-refractivity contribution in [2.24, 2.45) is 33.7 Å². The summed E-state index contributed by atoms with van der Waals surface area (Å²) in [6.45, 7) is 8.91. The first-order chi connectivity index (χ1) is 14.9. The fourth-order valence-electron chi connectivity index (χ4n) is 8.20. The number of aliphatic hydroxyl groups is 1. The Labute approximate surface area is 188 Å². The Balaban J connectivity index is 1.27. The zero-order valence-electron chi connectivity index (χ0n) is 19.5. The second-order valence-corrected chi connectivity index (χ2v) is 11.5. The fourth-order valence-corrected chi connectivity index (χ4v) is 8.20. The molecule has 0 aromatic carbocycles. The lowest BCUT2D eigenvalue weighted by molar-refractivity contribution is -0.0987. The number of rotatable bonds is 4. The molecule has 6 atom stereocenters.